The molecule has 254 valence electrons. The van der Waals surface area contributed by atoms with Gasteiger partial charge in [-0.2, -0.15) is 4.39 Å². The molecule has 0 unspecified atom stereocenters. The van der Waals surface area contributed by atoms with E-state index in [1.54, 1.807) is 18.2 Å². The molecule has 3 fully saturated rings. The lowest BCUT2D eigenvalue weighted by molar-refractivity contribution is 0.120. The monoisotopic (exact) mass is 638 g/mol. The first kappa shape index (κ1) is 33.7. The smallest absolute Gasteiger partial charge is 0.201 e. The van der Waals surface area contributed by atoms with Gasteiger partial charge in [0.1, 0.15) is 0 Å². The van der Waals surface area contributed by atoms with E-state index in [-0.39, 0.29) is 22.6 Å². The van der Waals surface area contributed by atoms with Crippen LogP contribution < -0.4 is 9.47 Å². The Morgan fingerprint density at radius 3 is 1.63 bits per heavy atom. The standard InChI is InChI=1S/C41H57F3O2/c1-3-5-7-9-28-14-18-31(19-15-28)32-20-16-30(17-21-32)25-45-35-23-22-33-34-24-36(40(43)41(44)38(34)37(33)39(35)42)46-26-29-12-10-27(11-13-29)8-6-4-2/h22-24,27-32H,3-21,25-26H2,1-2H3. The van der Waals surface area contributed by atoms with Crippen LogP contribution in [0, 0.1) is 53.0 Å². The highest BCUT2D eigenvalue weighted by molar-refractivity contribution is 6.04. The number of hydrogen-bond acceptors (Lipinski definition) is 2. The van der Waals surface area contributed by atoms with Gasteiger partial charge < -0.3 is 9.47 Å². The van der Waals surface area contributed by atoms with Crippen LogP contribution in [-0.2, 0) is 0 Å². The van der Waals surface area contributed by atoms with Gasteiger partial charge in [0.25, 0.3) is 0 Å². The summed E-state index contributed by atoms with van der Waals surface area (Å²) in [6, 6.07) is 4.99. The van der Waals surface area contributed by atoms with Gasteiger partial charge in [-0.1, -0.05) is 84.5 Å². The number of ether oxygens (including phenoxy) is 2. The number of hydrogen-bond donors (Lipinski definition) is 0. The maximum atomic E-state index is 15.6. The van der Waals surface area contributed by atoms with Crippen molar-refractivity contribution in [1.29, 1.82) is 0 Å². The molecule has 0 radical (unpaired) electrons. The van der Waals surface area contributed by atoms with E-state index >= 15 is 13.2 Å². The van der Waals surface area contributed by atoms with E-state index in [1.165, 1.54) is 96.3 Å². The number of fused-ring (bicyclic) bond motifs is 4. The topological polar surface area (TPSA) is 18.5 Å². The van der Waals surface area contributed by atoms with Crippen LogP contribution in [0.2, 0.25) is 0 Å². The fraction of sp³-hybridized carbons (Fsp3) is 0.707. The van der Waals surface area contributed by atoms with Crippen LogP contribution in [0.25, 0.3) is 22.3 Å². The normalized spacial score (nSPS) is 27.4. The molecule has 2 aromatic carbocycles. The molecule has 46 heavy (non-hydrogen) atoms. The van der Waals surface area contributed by atoms with Gasteiger partial charge in [0.2, 0.25) is 5.82 Å². The van der Waals surface area contributed by atoms with Gasteiger partial charge >= 0.3 is 0 Å². The van der Waals surface area contributed by atoms with E-state index < -0.39 is 17.5 Å². The molecule has 0 aliphatic heterocycles. The minimum atomic E-state index is -1.02. The summed E-state index contributed by atoms with van der Waals surface area (Å²) in [5.41, 5.74) is 1.27. The molecular formula is C41H57F3O2. The minimum Gasteiger partial charge on any atom is -0.490 e. The van der Waals surface area contributed by atoms with E-state index in [2.05, 4.69) is 13.8 Å². The molecule has 4 aliphatic carbocycles. The van der Waals surface area contributed by atoms with E-state index in [1.807, 2.05) is 0 Å². The Hall–Kier alpha value is -2.17. The van der Waals surface area contributed by atoms with Crippen molar-refractivity contribution < 1.29 is 22.6 Å². The van der Waals surface area contributed by atoms with Gasteiger partial charge in [0.05, 0.1) is 13.2 Å². The van der Waals surface area contributed by atoms with Crippen LogP contribution in [0.1, 0.15) is 136 Å². The Labute approximate surface area is 276 Å². The molecule has 5 heteroatoms. The molecule has 0 bridgehead atoms. The van der Waals surface area contributed by atoms with Gasteiger partial charge in [0.15, 0.2) is 23.1 Å². The third-order valence-electron chi connectivity index (χ3n) is 12.4. The van der Waals surface area contributed by atoms with Crippen LogP contribution >= 0.6 is 0 Å². The van der Waals surface area contributed by atoms with Crippen molar-refractivity contribution >= 4 is 0 Å². The Balaban J connectivity index is 0.979. The summed E-state index contributed by atoms with van der Waals surface area (Å²) >= 11 is 0. The van der Waals surface area contributed by atoms with E-state index in [0.717, 1.165) is 49.4 Å². The Kier molecular flexibility index (Phi) is 11.6. The maximum absolute atomic E-state index is 15.6. The third-order valence-corrected chi connectivity index (χ3v) is 12.4. The quantitative estimate of drug-likeness (QED) is 0.164. The molecule has 4 aliphatic rings. The van der Waals surface area contributed by atoms with E-state index in [4.69, 9.17) is 9.47 Å². The highest BCUT2D eigenvalue weighted by Crippen LogP contribution is 2.54. The zero-order valence-corrected chi connectivity index (χ0v) is 28.5. The third kappa shape index (κ3) is 7.59. The largest absolute Gasteiger partial charge is 0.490 e. The predicted octanol–water partition coefficient (Wildman–Crippen LogP) is 12.7. The van der Waals surface area contributed by atoms with Crippen molar-refractivity contribution in [2.24, 2.45) is 35.5 Å². The molecule has 0 atom stereocenters. The van der Waals surface area contributed by atoms with E-state index in [0.29, 0.717) is 36.2 Å². The fourth-order valence-electron chi connectivity index (χ4n) is 9.29. The summed E-state index contributed by atoms with van der Waals surface area (Å²) in [4.78, 5) is 0. The number of halogens is 3. The Morgan fingerprint density at radius 2 is 1.02 bits per heavy atom. The van der Waals surface area contributed by atoms with Crippen molar-refractivity contribution in [1.82, 2.24) is 0 Å². The summed E-state index contributed by atoms with van der Waals surface area (Å²) in [6.07, 6.45) is 24.2. The van der Waals surface area contributed by atoms with E-state index in [9.17, 15) is 0 Å². The van der Waals surface area contributed by atoms with Gasteiger partial charge in [-0.25, -0.2) is 8.78 Å². The second kappa shape index (κ2) is 15.8. The van der Waals surface area contributed by atoms with Gasteiger partial charge in [-0.15, -0.1) is 0 Å². The summed E-state index contributed by atoms with van der Waals surface area (Å²) in [5, 5.41) is 0. The fourth-order valence-corrected chi connectivity index (χ4v) is 9.29. The van der Waals surface area contributed by atoms with Crippen molar-refractivity contribution in [2.75, 3.05) is 13.2 Å². The summed E-state index contributed by atoms with van der Waals surface area (Å²) in [6.45, 7) is 5.38. The Morgan fingerprint density at radius 1 is 0.522 bits per heavy atom. The molecule has 6 rings (SSSR count). The van der Waals surface area contributed by atoms with Crippen LogP contribution in [0.5, 0.6) is 11.5 Å². The highest BCUT2D eigenvalue weighted by Gasteiger charge is 2.36. The van der Waals surface area contributed by atoms with Crippen molar-refractivity contribution in [2.45, 2.75) is 136 Å². The highest BCUT2D eigenvalue weighted by atomic mass is 19.2. The molecule has 0 saturated heterocycles. The zero-order valence-electron chi connectivity index (χ0n) is 28.5. The molecule has 0 heterocycles. The summed E-state index contributed by atoms with van der Waals surface area (Å²) in [5.74, 6) is 1.69. The summed E-state index contributed by atoms with van der Waals surface area (Å²) in [7, 11) is 0. The second-order valence-corrected chi connectivity index (χ2v) is 15.4. The van der Waals surface area contributed by atoms with Gasteiger partial charge in [0, 0.05) is 11.1 Å². The average Bonchev–Trinajstić information content (AvgIpc) is 3.08. The molecular weight excluding hydrogens is 581 g/mol. The zero-order chi connectivity index (χ0) is 32.0. The van der Waals surface area contributed by atoms with Crippen LogP contribution in [-0.4, -0.2) is 13.2 Å². The van der Waals surface area contributed by atoms with Crippen molar-refractivity contribution in [3.05, 3.63) is 35.7 Å². The molecule has 0 amide bonds. The predicted molar refractivity (Wildman–Crippen MR) is 182 cm³/mol. The minimum absolute atomic E-state index is 0.0137. The second-order valence-electron chi connectivity index (χ2n) is 15.4. The number of rotatable bonds is 14. The first-order valence-corrected chi connectivity index (χ1v) is 19.1. The summed E-state index contributed by atoms with van der Waals surface area (Å²) < 4.78 is 58.0. The first-order chi connectivity index (χ1) is 22.5. The molecule has 0 N–H and O–H groups in total. The number of benzene rings is 2. The lowest BCUT2D eigenvalue weighted by atomic mass is 9.69. The Bertz CT molecular complexity index is 1280. The number of unbranched alkanes of at least 4 members (excludes halogenated alkanes) is 3. The molecule has 2 nitrogen and oxygen atoms in total. The molecule has 2 aromatic rings. The van der Waals surface area contributed by atoms with Crippen molar-refractivity contribution in [3.63, 3.8) is 0 Å². The molecule has 0 spiro atoms. The van der Waals surface area contributed by atoms with Gasteiger partial charge in [-0.05, 0) is 116 Å². The first-order valence-electron chi connectivity index (χ1n) is 19.1. The lowest BCUT2D eigenvalue weighted by Gasteiger charge is -2.38. The molecule has 3 saturated carbocycles. The average molecular weight is 639 g/mol. The van der Waals surface area contributed by atoms with Crippen LogP contribution in [0.4, 0.5) is 13.2 Å². The van der Waals surface area contributed by atoms with Crippen LogP contribution in [0.15, 0.2) is 18.2 Å². The maximum Gasteiger partial charge on any atom is 0.201 e. The molecule has 0 aromatic heterocycles. The van der Waals surface area contributed by atoms with Crippen molar-refractivity contribution in [3.8, 4) is 33.8 Å². The SMILES string of the molecule is CCCCCC1CCC(C2CCC(COc3ccc4c(c3F)-c3c-4cc(OCC4CCC(CCCC)CC4)c(F)c3F)CC2)CC1. The lowest BCUT2D eigenvalue weighted by Crippen LogP contribution is -2.27. The van der Waals surface area contributed by atoms with Gasteiger partial charge in [-0.3, -0.25) is 0 Å². The van der Waals surface area contributed by atoms with Crippen LogP contribution in [0.3, 0.4) is 0 Å².